The molecule has 1 fully saturated rings. The summed E-state index contributed by atoms with van der Waals surface area (Å²) in [5, 5.41) is 20.0. The highest BCUT2D eigenvalue weighted by Crippen LogP contribution is 2.34. The van der Waals surface area contributed by atoms with E-state index in [4.69, 9.17) is 0 Å². The maximum absolute atomic E-state index is 13.0. The second-order valence-electron chi connectivity index (χ2n) is 8.53. The Bertz CT molecular complexity index is 1140. The molecule has 1 amide bonds. The molecule has 0 aliphatic carbocycles. The summed E-state index contributed by atoms with van der Waals surface area (Å²) in [5.74, 6) is 0.445. The molecule has 0 radical (unpaired) electrons. The molecule has 8 nitrogen and oxygen atoms in total. The molecule has 33 heavy (non-hydrogen) atoms. The Kier molecular flexibility index (Phi) is 7.08. The minimum atomic E-state index is -0.452. The van der Waals surface area contributed by atoms with Crippen LogP contribution in [0.5, 0.6) is 0 Å². The van der Waals surface area contributed by atoms with Gasteiger partial charge in [0.25, 0.3) is 11.6 Å². The van der Waals surface area contributed by atoms with Crippen molar-refractivity contribution in [1.29, 1.82) is 0 Å². The summed E-state index contributed by atoms with van der Waals surface area (Å²) in [6.07, 6.45) is 5.62. The number of aryl methyl sites for hydroxylation is 3. The van der Waals surface area contributed by atoms with Crippen LogP contribution in [0.3, 0.4) is 0 Å². The summed E-state index contributed by atoms with van der Waals surface area (Å²) < 4.78 is 1.69. The van der Waals surface area contributed by atoms with Gasteiger partial charge in [-0.05, 0) is 68.0 Å². The largest absolute Gasteiger partial charge is 0.339 e. The number of piperidine rings is 1. The Balaban J connectivity index is 1.37. The normalized spacial score (nSPS) is 14.4. The molecule has 1 aliphatic heterocycles. The Morgan fingerprint density at radius 2 is 1.91 bits per heavy atom. The summed E-state index contributed by atoms with van der Waals surface area (Å²) in [6, 6.07) is 13.3. The molecular weight excluding hydrogens is 438 g/mol. The van der Waals surface area contributed by atoms with Crippen LogP contribution in [-0.2, 0) is 13.5 Å². The summed E-state index contributed by atoms with van der Waals surface area (Å²) >= 11 is 1.16. The first-order chi connectivity index (χ1) is 15.9. The smallest absolute Gasteiger partial charge is 0.284 e. The number of rotatable bonds is 7. The molecule has 0 unspecified atom stereocenters. The van der Waals surface area contributed by atoms with E-state index in [0.29, 0.717) is 34.6 Å². The fourth-order valence-electron chi connectivity index (χ4n) is 4.08. The SMILES string of the molecule is Cc1ccc(CCC2CCN(C(=O)c3ccc(Sc4nncn4C)c([N+](=O)[O-])c3)CC2)cc1. The van der Waals surface area contributed by atoms with E-state index in [1.165, 1.54) is 23.5 Å². The quantitative estimate of drug-likeness (QED) is 0.372. The lowest BCUT2D eigenvalue weighted by Gasteiger charge is -2.32. The average molecular weight is 466 g/mol. The predicted octanol–water partition coefficient (Wildman–Crippen LogP) is 4.67. The maximum atomic E-state index is 13.0. The van der Waals surface area contributed by atoms with Gasteiger partial charge in [-0.1, -0.05) is 29.8 Å². The van der Waals surface area contributed by atoms with E-state index in [2.05, 4.69) is 41.4 Å². The fraction of sp³-hybridized carbons (Fsp3) is 0.375. The molecule has 0 N–H and O–H groups in total. The third-order valence-corrected chi connectivity index (χ3v) is 7.25. The number of nitro groups is 1. The van der Waals surface area contributed by atoms with Crippen molar-refractivity contribution in [3.63, 3.8) is 0 Å². The van der Waals surface area contributed by atoms with Gasteiger partial charge in [0.2, 0.25) is 0 Å². The minimum Gasteiger partial charge on any atom is -0.339 e. The molecule has 1 aliphatic rings. The van der Waals surface area contributed by atoms with Gasteiger partial charge in [-0.2, -0.15) is 0 Å². The van der Waals surface area contributed by atoms with E-state index in [0.717, 1.165) is 37.4 Å². The third-order valence-electron chi connectivity index (χ3n) is 6.14. The first kappa shape index (κ1) is 23.0. The van der Waals surface area contributed by atoms with Gasteiger partial charge < -0.3 is 9.47 Å². The highest BCUT2D eigenvalue weighted by atomic mass is 32.2. The zero-order chi connectivity index (χ0) is 23.4. The van der Waals surface area contributed by atoms with Crippen LogP contribution in [0.15, 0.2) is 58.8 Å². The molecule has 1 saturated heterocycles. The van der Waals surface area contributed by atoms with Crippen molar-refractivity contribution in [3.05, 3.63) is 75.6 Å². The first-order valence-electron chi connectivity index (χ1n) is 11.1. The standard InChI is InChI=1S/C24H27N5O3S/c1-17-3-5-18(6-4-17)7-8-19-11-13-28(14-12-19)23(30)20-9-10-22(21(15-20)29(31)32)33-24-26-25-16-27(24)2/h3-6,9-10,15-16,19H,7-8,11-14H2,1-2H3. The lowest BCUT2D eigenvalue weighted by atomic mass is 9.90. The lowest BCUT2D eigenvalue weighted by Crippen LogP contribution is -2.38. The number of hydrogen-bond acceptors (Lipinski definition) is 6. The van der Waals surface area contributed by atoms with Crippen LogP contribution < -0.4 is 0 Å². The number of aromatic nitrogens is 3. The molecule has 2 aromatic carbocycles. The number of carbonyl (C=O) groups is 1. The molecule has 3 aromatic rings. The second-order valence-corrected chi connectivity index (χ2v) is 9.54. The van der Waals surface area contributed by atoms with E-state index in [1.807, 2.05) is 4.90 Å². The number of benzene rings is 2. The van der Waals surface area contributed by atoms with Gasteiger partial charge in [0, 0.05) is 31.8 Å². The molecule has 0 atom stereocenters. The van der Waals surface area contributed by atoms with Crippen LogP contribution in [-0.4, -0.2) is 43.6 Å². The number of amides is 1. The number of carbonyl (C=O) groups excluding carboxylic acids is 1. The molecular formula is C24H27N5O3S. The van der Waals surface area contributed by atoms with Gasteiger partial charge >= 0.3 is 0 Å². The summed E-state index contributed by atoms with van der Waals surface area (Å²) in [7, 11) is 1.77. The Morgan fingerprint density at radius 3 is 2.55 bits per heavy atom. The van der Waals surface area contributed by atoms with Gasteiger partial charge in [-0.3, -0.25) is 14.9 Å². The molecule has 172 valence electrons. The summed E-state index contributed by atoms with van der Waals surface area (Å²) in [6.45, 7) is 3.46. The van der Waals surface area contributed by atoms with Crippen molar-refractivity contribution in [1.82, 2.24) is 19.7 Å². The average Bonchev–Trinajstić information content (AvgIpc) is 3.23. The highest BCUT2D eigenvalue weighted by Gasteiger charge is 2.26. The van der Waals surface area contributed by atoms with Crippen LogP contribution in [0.4, 0.5) is 5.69 Å². The van der Waals surface area contributed by atoms with Crippen molar-refractivity contribution >= 4 is 23.4 Å². The number of likely N-dealkylation sites (tertiary alicyclic amines) is 1. The molecule has 0 bridgehead atoms. The van der Waals surface area contributed by atoms with Crippen molar-refractivity contribution in [2.24, 2.45) is 13.0 Å². The Labute approximate surface area is 197 Å². The zero-order valence-electron chi connectivity index (χ0n) is 18.8. The van der Waals surface area contributed by atoms with Crippen LogP contribution in [0, 0.1) is 23.0 Å². The van der Waals surface area contributed by atoms with Crippen molar-refractivity contribution < 1.29 is 9.72 Å². The zero-order valence-corrected chi connectivity index (χ0v) is 19.6. The van der Waals surface area contributed by atoms with Crippen molar-refractivity contribution in [2.75, 3.05) is 13.1 Å². The van der Waals surface area contributed by atoms with Crippen LogP contribution in [0.1, 0.15) is 40.7 Å². The van der Waals surface area contributed by atoms with Gasteiger partial charge in [0.1, 0.15) is 6.33 Å². The van der Waals surface area contributed by atoms with E-state index >= 15 is 0 Å². The Hall–Kier alpha value is -3.20. The van der Waals surface area contributed by atoms with Gasteiger partial charge in [-0.25, -0.2) is 0 Å². The second kappa shape index (κ2) is 10.2. The first-order valence-corrected chi connectivity index (χ1v) is 11.9. The van der Waals surface area contributed by atoms with Crippen LogP contribution in [0.25, 0.3) is 0 Å². The summed E-state index contributed by atoms with van der Waals surface area (Å²) in [5.41, 5.74) is 2.88. The van der Waals surface area contributed by atoms with E-state index in [9.17, 15) is 14.9 Å². The third kappa shape index (κ3) is 5.60. The number of nitro benzene ring substituents is 1. The maximum Gasteiger partial charge on any atom is 0.284 e. The number of hydrogen-bond donors (Lipinski definition) is 0. The van der Waals surface area contributed by atoms with Gasteiger partial charge in [-0.15, -0.1) is 10.2 Å². The molecule has 2 heterocycles. The molecule has 9 heteroatoms. The molecule has 0 saturated carbocycles. The van der Waals surface area contributed by atoms with Crippen molar-refractivity contribution in [3.8, 4) is 0 Å². The van der Waals surface area contributed by atoms with E-state index in [-0.39, 0.29) is 11.6 Å². The van der Waals surface area contributed by atoms with E-state index in [1.54, 1.807) is 23.7 Å². The Morgan fingerprint density at radius 1 is 1.18 bits per heavy atom. The predicted molar refractivity (Wildman–Crippen MR) is 126 cm³/mol. The highest BCUT2D eigenvalue weighted by molar-refractivity contribution is 7.99. The minimum absolute atomic E-state index is 0.0955. The molecule has 4 rings (SSSR count). The molecule has 0 spiro atoms. The van der Waals surface area contributed by atoms with E-state index < -0.39 is 4.92 Å². The van der Waals surface area contributed by atoms with Crippen LogP contribution >= 0.6 is 11.8 Å². The topological polar surface area (TPSA) is 94.2 Å². The molecule has 1 aromatic heterocycles. The monoisotopic (exact) mass is 465 g/mol. The van der Waals surface area contributed by atoms with Crippen LogP contribution in [0.2, 0.25) is 0 Å². The van der Waals surface area contributed by atoms with Gasteiger partial charge in [0.15, 0.2) is 5.16 Å². The lowest BCUT2D eigenvalue weighted by molar-refractivity contribution is -0.387. The van der Waals surface area contributed by atoms with Crippen molar-refractivity contribution in [2.45, 2.75) is 42.7 Å². The number of nitrogens with zero attached hydrogens (tertiary/aromatic N) is 5. The summed E-state index contributed by atoms with van der Waals surface area (Å²) in [4.78, 5) is 26.5. The fourth-order valence-corrected chi connectivity index (χ4v) is 4.93. The van der Waals surface area contributed by atoms with Gasteiger partial charge in [0.05, 0.1) is 9.82 Å².